The minimum absolute atomic E-state index is 0.0485. The summed E-state index contributed by atoms with van der Waals surface area (Å²) in [5, 5.41) is 0.0970. The number of rotatable bonds is 5. The van der Waals surface area contributed by atoms with Gasteiger partial charge in [0.25, 0.3) is 5.91 Å². The molecule has 0 N–H and O–H groups in total. The second-order valence-electron chi connectivity index (χ2n) is 6.80. The smallest absolute Gasteiger partial charge is 0.339 e. The number of halogens is 2. The zero-order valence-electron chi connectivity index (χ0n) is 17.0. The number of carbonyl (C=O) groups excluding carboxylic acids is 2. The Hall–Kier alpha value is -2.20. The van der Waals surface area contributed by atoms with E-state index >= 15 is 0 Å². The van der Waals surface area contributed by atoms with Crippen molar-refractivity contribution in [2.45, 2.75) is 18.7 Å². The Morgan fingerprint density at radius 1 is 1.06 bits per heavy atom. The summed E-state index contributed by atoms with van der Waals surface area (Å²) in [4.78, 5) is 30.4. The molecule has 1 aromatic carbocycles. The van der Waals surface area contributed by atoms with E-state index in [1.165, 1.54) is 33.5 Å². The summed E-state index contributed by atoms with van der Waals surface area (Å²) in [6.45, 7) is 4.12. The van der Waals surface area contributed by atoms with Crippen LogP contribution in [-0.2, 0) is 14.8 Å². The van der Waals surface area contributed by atoms with E-state index in [0.29, 0.717) is 11.3 Å². The van der Waals surface area contributed by atoms with Gasteiger partial charge in [0.15, 0.2) is 0 Å². The van der Waals surface area contributed by atoms with Crippen LogP contribution in [0.4, 0.5) is 0 Å². The monoisotopic (exact) mass is 485 g/mol. The lowest BCUT2D eigenvalue weighted by Gasteiger charge is -2.34. The number of carbonyl (C=O) groups is 2. The standard InChI is InChI=1S/C20H21Cl2N3O5S/c1-3-30-20(27)14-7-8-17(23-13(14)2)19(26)24-9-11-25(12-10-24)31(28,29)18-15(21)5-4-6-16(18)22/h4-8H,3,9-12H2,1-2H3. The average Bonchev–Trinajstić information content (AvgIpc) is 2.73. The van der Waals surface area contributed by atoms with Crippen LogP contribution >= 0.6 is 23.2 Å². The predicted octanol–water partition coefficient (Wildman–Crippen LogP) is 3.02. The number of hydrogen-bond donors (Lipinski definition) is 0. The number of aromatic nitrogens is 1. The summed E-state index contributed by atoms with van der Waals surface area (Å²) >= 11 is 12.1. The van der Waals surface area contributed by atoms with Gasteiger partial charge in [0, 0.05) is 26.2 Å². The molecule has 0 radical (unpaired) electrons. The van der Waals surface area contributed by atoms with Crippen molar-refractivity contribution in [1.82, 2.24) is 14.2 Å². The summed E-state index contributed by atoms with van der Waals surface area (Å²) in [5.74, 6) is -0.838. The highest BCUT2D eigenvalue weighted by Gasteiger charge is 2.33. The van der Waals surface area contributed by atoms with Gasteiger partial charge in [-0.25, -0.2) is 18.2 Å². The SMILES string of the molecule is CCOC(=O)c1ccc(C(=O)N2CCN(S(=O)(=O)c3c(Cl)cccc3Cl)CC2)nc1C. The second kappa shape index (κ2) is 9.52. The van der Waals surface area contributed by atoms with Crippen LogP contribution in [-0.4, -0.2) is 67.3 Å². The summed E-state index contributed by atoms with van der Waals surface area (Å²) in [6, 6.07) is 7.48. The van der Waals surface area contributed by atoms with Crippen molar-refractivity contribution < 1.29 is 22.7 Å². The molecule has 0 aliphatic carbocycles. The molecule has 2 heterocycles. The lowest BCUT2D eigenvalue weighted by atomic mass is 10.1. The molecule has 1 amide bonds. The Morgan fingerprint density at radius 3 is 2.23 bits per heavy atom. The summed E-state index contributed by atoms with van der Waals surface area (Å²) < 4.78 is 32.2. The average molecular weight is 486 g/mol. The molecule has 1 saturated heterocycles. The predicted molar refractivity (Wildman–Crippen MR) is 116 cm³/mol. The van der Waals surface area contributed by atoms with Crippen molar-refractivity contribution >= 4 is 45.1 Å². The maximum absolute atomic E-state index is 13.0. The van der Waals surface area contributed by atoms with Crippen LogP contribution in [0.3, 0.4) is 0 Å². The number of hydrogen-bond acceptors (Lipinski definition) is 6. The molecule has 2 aromatic rings. The number of ether oxygens (including phenoxy) is 1. The third kappa shape index (κ3) is 4.85. The van der Waals surface area contributed by atoms with Crippen LogP contribution in [0.15, 0.2) is 35.2 Å². The molecule has 1 aromatic heterocycles. The largest absolute Gasteiger partial charge is 0.462 e. The van der Waals surface area contributed by atoms with Gasteiger partial charge in [0.05, 0.1) is 27.9 Å². The number of esters is 1. The molecule has 166 valence electrons. The van der Waals surface area contributed by atoms with Crippen molar-refractivity contribution in [3.63, 3.8) is 0 Å². The molecule has 1 aliphatic heterocycles. The molecule has 1 fully saturated rings. The number of amides is 1. The lowest BCUT2D eigenvalue weighted by Crippen LogP contribution is -2.50. The quantitative estimate of drug-likeness (QED) is 0.603. The Balaban J connectivity index is 1.72. The first-order valence-corrected chi connectivity index (χ1v) is 11.7. The first kappa shape index (κ1) is 23.5. The molecule has 3 rings (SSSR count). The fourth-order valence-electron chi connectivity index (χ4n) is 3.26. The molecule has 0 atom stereocenters. The Morgan fingerprint density at radius 2 is 1.68 bits per heavy atom. The van der Waals surface area contributed by atoms with Crippen LogP contribution < -0.4 is 0 Å². The summed E-state index contributed by atoms with van der Waals surface area (Å²) in [6.07, 6.45) is 0. The summed E-state index contributed by atoms with van der Waals surface area (Å²) in [5.41, 5.74) is 0.862. The fourth-order valence-corrected chi connectivity index (χ4v) is 5.77. The molecule has 0 spiro atoms. The van der Waals surface area contributed by atoms with E-state index in [1.807, 2.05) is 0 Å². The van der Waals surface area contributed by atoms with E-state index in [0.717, 1.165) is 0 Å². The van der Waals surface area contributed by atoms with Crippen LogP contribution in [0.1, 0.15) is 33.5 Å². The number of nitrogens with zero attached hydrogens (tertiary/aromatic N) is 3. The topological polar surface area (TPSA) is 96.9 Å². The third-order valence-corrected chi connectivity index (χ3v) is 7.70. The first-order valence-electron chi connectivity index (χ1n) is 9.55. The van der Waals surface area contributed by atoms with Crippen LogP contribution in [0.25, 0.3) is 0 Å². The van der Waals surface area contributed by atoms with Crippen LogP contribution in [0.2, 0.25) is 10.0 Å². The van der Waals surface area contributed by atoms with Gasteiger partial charge in [0.2, 0.25) is 10.0 Å². The number of sulfonamides is 1. The van der Waals surface area contributed by atoms with Crippen molar-refractivity contribution in [3.8, 4) is 0 Å². The molecular formula is C20H21Cl2N3O5S. The molecular weight excluding hydrogens is 465 g/mol. The zero-order chi connectivity index (χ0) is 22.8. The lowest BCUT2D eigenvalue weighted by molar-refractivity contribution is 0.0523. The van der Waals surface area contributed by atoms with Gasteiger partial charge in [-0.2, -0.15) is 4.31 Å². The van der Waals surface area contributed by atoms with Crippen molar-refractivity contribution in [3.05, 3.63) is 57.3 Å². The van der Waals surface area contributed by atoms with E-state index in [1.54, 1.807) is 19.9 Å². The fraction of sp³-hybridized carbons (Fsp3) is 0.350. The highest BCUT2D eigenvalue weighted by atomic mass is 35.5. The van der Waals surface area contributed by atoms with Gasteiger partial charge in [0.1, 0.15) is 10.6 Å². The number of benzene rings is 1. The van der Waals surface area contributed by atoms with Gasteiger partial charge in [-0.1, -0.05) is 29.3 Å². The van der Waals surface area contributed by atoms with E-state index in [2.05, 4.69) is 4.98 Å². The maximum Gasteiger partial charge on any atom is 0.339 e. The van der Waals surface area contributed by atoms with Crippen molar-refractivity contribution in [2.75, 3.05) is 32.8 Å². The van der Waals surface area contributed by atoms with E-state index in [-0.39, 0.29) is 59.3 Å². The molecule has 0 saturated carbocycles. The van der Waals surface area contributed by atoms with Gasteiger partial charge in [-0.15, -0.1) is 0 Å². The molecule has 8 nitrogen and oxygen atoms in total. The molecule has 0 unspecified atom stereocenters. The maximum atomic E-state index is 13.0. The van der Waals surface area contributed by atoms with Gasteiger partial charge >= 0.3 is 5.97 Å². The van der Waals surface area contributed by atoms with E-state index in [4.69, 9.17) is 27.9 Å². The van der Waals surface area contributed by atoms with Crippen LogP contribution in [0, 0.1) is 6.92 Å². The number of pyridine rings is 1. The molecule has 0 bridgehead atoms. The minimum atomic E-state index is -3.90. The van der Waals surface area contributed by atoms with Gasteiger partial charge < -0.3 is 9.64 Å². The van der Waals surface area contributed by atoms with Crippen LogP contribution in [0.5, 0.6) is 0 Å². The van der Waals surface area contributed by atoms with Gasteiger partial charge in [-0.3, -0.25) is 4.79 Å². The first-order chi connectivity index (χ1) is 14.7. The highest BCUT2D eigenvalue weighted by molar-refractivity contribution is 7.89. The highest BCUT2D eigenvalue weighted by Crippen LogP contribution is 2.32. The molecule has 11 heteroatoms. The third-order valence-electron chi connectivity index (χ3n) is 4.84. The zero-order valence-corrected chi connectivity index (χ0v) is 19.3. The molecule has 31 heavy (non-hydrogen) atoms. The Bertz CT molecular complexity index is 1100. The normalized spacial score (nSPS) is 15.0. The van der Waals surface area contributed by atoms with Gasteiger partial charge in [-0.05, 0) is 38.1 Å². The Kier molecular flexibility index (Phi) is 7.20. The number of piperazine rings is 1. The van der Waals surface area contributed by atoms with Crippen molar-refractivity contribution in [2.24, 2.45) is 0 Å². The van der Waals surface area contributed by atoms with Crippen molar-refractivity contribution in [1.29, 1.82) is 0 Å². The summed E-state index contributed by atoms with van der Waals surface area (Å²) in [7, 11) is -3.90. The Labute approximate surface area is 190 Å². The van der Waals surface area contributed by atoms with E-state index in [9.17, 15) is 18.0 Å². The minimum Gasteiger partial charge on any atom is -0.462 e. The van der Waals surface area contributed by atoms with E-state index < -0.39 is 16.0 Å². The number of aryl methyl sites for hydroxylation is 1. The second-order valence-corrected chi connectivity index (χ2v) is 9.49. The molecule has 1 aliphatic rings.